The number of aromatic hydroxyl groups is 2. The molecule has 23 heavy (non-hydrogen) atoms. The maximum absolute atomic E-state index is 10.1. The van der Waals surface area contributed by atoms with E-state index in [1.54, 1.807) is 6.07 Å². The van der Waals surface area contributed by atoms with E-state index >= 15 is 0 Å². The van der Waals surface area contributed by atoms with Crippen molar-refractivity contribution in [2.75, 3.05) is 20.1 Å². The first kappa shape index (κ1) is 18.1. The molecule has 1 aliphatic rings. The Kier molecular flexibility index (Phi) is 6.33. The number of rotatable bonds is 5. The van der Waals surface area contributed by atoms with Gasteiger partial charge in [0.25, 0.3) is 0 Å². The molecule has 1 heterocycles. The predicted molar refractivity (Wildman–Crippen MR) is 98.2 cm³/mol. The molecule has 0 saturated carbocycles. The third kappa shape index (κ3) is 4.19. The highest BCUT2D eigenvalue weighted by Crippen LogP contribution is 2.40. The van der Waals surface area contributed by atoms with Gasteiger partial charge in [0.2, 0.25) is 0 Å². The fourth-order valence-electron chi connectivity index (χ4n) is 3.38. The smallest absolute Gasteiger partial charge is 0.160 e. The number of fused-ring (bicyclic) bond motifs is 1. The third-order valence-corrected chi connectivity index (χ3v) is 5.51. The Bertz CT molecular complexity index is 630. The van der Waals surface area contributed by atoms with Gasteiger partial charge in [-0.15, -0.1) is 23.7 Å². The highest BCUT2D eigenvalue weighted by Gasteiger charge is 2.24. The molecule has 0 aliphatic heterocycles. The number of likely N-dealkylation sites (N-methyl/N-ethyl adjacent to an activating group) is 1. The summed E-state index contributed by atoms with van der Waals surface area (Å²) < 4.78 is 0. The van der Waals surface area contributed by atoms with Gasteiger partial charge in [-0.2, -0.15) is 0 Å². The Morgan fingerprint density at radius 3 is 2.83 bits per heavy atom. The molecule has 2 N–H and O–H groups in total. The summed E-state index contributed by atoms with van der Waals surface area (Å²) >= 11 is 1.82. The van der Waals surface area contributed by atoms with Crippen molar-refractivity contribution >= 4 is 23.7 Å². The van der Waals surface area contributed by atoms with Crippen molar-refractivity contribution in [3.63, 3.8) is 0 Å². The van der Waals surface area contributed by atoms with Crippen LogP contribution in [0, 0.1) is 0 Å². The van der Waals surface area contributed by atoms with Crippen LogP contribution in [0.15, 0.2) is 29.6 Å². The van der Waals surface area contributed by atoms with Crippen LogP contribution >= 0.6 is 23.7 Å². The summed E-state index contributed by atoms with van der Waals surface area (Å²) in [5, 5.41) is 21.9. The highest BCUT2D eigenvalue weighted by molar-refractivity contribution is 7.09. The minimum absolute atomic E-state index is 0. The van der Waals surface area contributed by atoms with E-state index < -0.39 is 0 Å². The van der Waals surface area contributed by atoms with E-state index in [2.05, 4.69) is 29.5 Å². The molecule has 1 aliphatic carbocycles. The van der Waals surface area contributed by atoms with E-state index in [1.165, 1.54) is 10.4 Å². The van der Waals surface area contributed by atoms with Crippen LogP contribution in [-0.2, 0) is 12.8 Å². The topological polar surface area (TPSA) is 43.7 Å². The zero-order valence-corrected chi connectivity index (χ0v) is 15.0. The normalized spacial score (nSPS) is 16.9. The molecule has 1 aromatic carbocycles. The molecule has 0 fully saturated rings. The first-order valence-corrected chi connectivity index (χ1v) is 8.77. The first-order valence-electron chi connectivity index (χ1n) is 7.90. The van der Waals surface area contributed by atoms with E-state index in [0.717, 1.165) is 44.3 Å². The quantitative estimate of drug-likeness (QED) is 0.793. The van der Waals surface area contributed by atoms with Crippen LogP contribution in [-0.4, -0.2) is 35.3 Å². The van der Waals surface area contributed by atoms with Gasteiger partial charge < -0.3 is 15.1 Å². The fraction of sp³-hybridized carbons (Fsp3) is 0.444. The van der Waals surface area contributed by atoms with Crippen molar-refractivity contribution in [2.24, 2.45) is 0 Å². The van der Waals surface area contributed by atoms with Crippen LogP contribution in [0.25, 0.3) is 0 Å². The van der Waals surface area contributed by atoms with Crippen LogP contribution in [0.2, 0.25) is 0 Å². The number of hydrogen-bond acceptors (Lipinski definition) is 4. The minimum Gasteiger partial charge on any atom is -0.504 e. The van der Waals surface area contributed by atoms with E-state index in [9.17, 15) is 10.2 Å². The summed E-state index contributed by atoms with van der Waals surface area (Å²) in [6.45, 7) is 2.05. The molecule has 0 saturated heterocycles. The van der Waals surface area contributed by atoms with Gasteiger partial charge >= 0.3 is 0 Å². The maximum atomic E-state index is 10.1. The van der Waals surface area contributed by atoms with Crippen LogP contribution < -0.4 is 0 Å². The van der Waals surface area contributed by atoms with Crippen molar-refractivity contribution < 1.29 is 10.2 Å². The van der Waals surface area contributed by atoms with E-state index in [4.69, 9.17) is 0 Å². The number of halogens is 1. The van der Waals surface area contributed by atoms with Gasteiger partial charge in [0.15, 0.2) is 11.5 Å². The maximum Gasteiger partial charge on any atom is 0.160 e. The number of thiophene rings is 1. The first-order chi connectivity index (χ1) is 10.6. The number of phenolic OH excluding ortho intramolecular Hbond substituents is 2. The molecular weight excluding hydrogens is 330 g/mol. The Balaban J connectivity index is 0.00000192. The van der Waals surface area contributed by atoms with Gasteiger partial charge in [-0.05, 0) is 61.7 Å². The average molecular weight is 354 g/mol. The van der Waals surface area contributed by atoms with Gasteiger partial charge in [0.1, 0.15) is 0 Å². The Labute approximate surface area is 148 Å². The van der Waals surface area contributed by atoms with Gasteiger partial charge in [-0.25, -0.2) is 0 Å². The van der Waals surface area contributed by atoms with Crippen LogP contribution in [0.3, 0.4) is 0 Å². The fourth-order valence-corrected chi connectivity index (χ4v) is 4.08. The van der Waals surface area contributed by atoms with E-state index in [0.29, 0.717) is 5.92 Å². The molecular formula is C18H24ClNO2S. The highest BCUT2D eigenvalue weighted by atomic mass is 35.5. The largest absolute Gasteiger partial charge is 0.504 e. The monoisotopic (exact) mass is 353 g/mol. The molecule has 2 aromatic rings. The average Bonchev–Trinajstić information content (AvgIpc) is 3.03. The van der Waals surface area contributed by atoms with Crippen LogP contribution in [0.5, 0.6) is 11.5 Å². The molecule has 1 aromatic heterocycles. The summed E-state index contributed by atoms with van der Waals surface area (Å²) in [5.74, 6) is 0.539. The molecule has 0 bridgehead atoms. The van der Waals surface area contributed by atoms with Crippen LogP contribution in [0.1, 0.15) is 34.8 Å². The number of benzene rings is 1. The summed E-state index contributed by atoms with van der Waals surface area (Å²) in [5.41, 5.74) is 2.16. The molecule has 3 nitrogen and oxygen atoms in total. The summed E-state index contributed by atoms with van der Waals surface area (Å²) in [4.78, 5) is 3.81. The Hall–Kier alpha value is -1.23. The zero-order valence-electron chi connectivity index (χ0n) is 13.4. The van der Waals surface area contributed by atoms with Gasteiger partial charge in [-0.1, -0.05) is 12.1 Å². The second-order valence-electron chi connectivity index (χ2n) is 6.18. The lowest BCUT2D eigenvalue weighted by molar-refractivity contribution is 0.299. The molecule has 126 valence electrons. The van der Waals surface area contributed by atoms with Crippen LogP contribution in [0.4, 0.5) is 0 Å². The zero-order chi connectivity index (χ0) is 15.5. The Morgan fingerprint density at radius 1 is 1.26 bits per heavy atom. The van der Waals surface area contributed by atoms with E-state index in [1.807, 2.05) is 17.4 Å². The van der Waals surface area contributed by atoms with Gasteiger partial charge in [0, 0.05) is 23.5 Å². The molecule has 0 radical (unpaired) electrons. The van der Waals surface area contributed by atoms with Gasteiger partial charge in [-0.3, -0.25) is 0 Å². The molecule has 5 heteroatoms. The number of hydrogen-bond donors (Lipinski definition) is 2. The number of phenols is 2. The summed E-state index contributed by atoms with van der Waals surface area (Å²) in [6, 6.07) is 7.90. The minimum atomic E-state index is 0. The molecule has 3 rings (SSSR count). The number of nitrogens with zero attached hydrogens (tertiary/aromatic N) is 1. The van der Waals surface area contributed by atoms with Crippen molar-refractivity contribution in [3.05, 3.63) is 45.6 Å². The SMILES string of the molecule is CN(CCc1cccs1)CC1CCCc2c1ccc(O)c2O.Cl. The molecule has 0 amide bonds. The van der Waals surface area contributed by atoms with Crippen molar-refractivity contribution in [1.82, 2.24) is 4.90 Å². The predicted octanol–water partition coefficient (Wildman–Crippen LogP) is 4.18. The van der Waals surface area contributed by atoms with Crippen molar-refractivity contribution in [2.45, 2.75) is 31.6 Å². The lowest BCUT2D eigenvalue weighted by Gasteiger charge is -2.30. The summed E-state index contributed by atoms with van der Waals surface area (Å²) in [6.07, 6.45) is 4.19. The Morgan fingerprint density at radius 2 is 2.09 bits per heavy atom. The van der Waals surface area contributed by atoms with Gasteiger partial charge in [0.05, 0.1) is 0 Å². The second kappa shape index (κ2) is 8.04. The second-order valence-corrected chi connectivity index (χ2v) is 7.21. The lowest BCUT2D eigenvalue weighted by Crippen LogP contribution is -2.28. The molecule has 1 unspecified atom stereocenters. The molecule has 1 atom stereocenters. The third-order valence-electron chi connectivity index (χ3n) is 4.57. The van der Waals surface area contributed by atoms with E-state index in [-0.39, 0.29) is 23.9 Å². The molecule has 0 spiro atoms. The standard InChI is InChI=1S/C18H23NO2S.ClH/c1-19(10-9-14-5-3-11-22-14)12-13-4-2-6-16-15(13)7-8-17(20)18(16)21;/h3,5,7-8,11,13,20-21H,2,4,6,9-10,12H2,1H3;1H. The lowest BCUT2D eigenvalue weighted by atomic mass is 9.82. The van der Waals surface area contributed by atoms with Crippen molar-refractivity contribution in [1.29, 1.82) is 0 Å². The van der Waals surface area contributed by atoms with Crippen molar-refractivity contribution in [3.8, 4) is 11.5 Å². The summed E-state index contributed by atoms with van der Waals surface area (Å²) in [7, 11) is 2.17.